The van der Waals surface area contributed by atoms with E-state index in [4.69, 9.17) is 0 Å². The lowest BCUT2D eigenvalue weighted by atomic mass is 10.2. The number of hydrogen-bond acceptors (Lipinski definition) is 6. The summed E-state index contributed by atoms with van der Waals surface area (Å²) in [6, 6.07) is 12.5. The zero-order chi connectivity index (χ0) is 16.1. The van der Waals surface area contributed by atoms with Gasteiger partial charge in [0.2, 0.25) is 0 Å². The third kappa shape index (κ3) is 3.37. The number of nitro benzene ring substituents is 2. The van der Waals surface area contributed by atoms with E-state index >= 15 is 0 Å². The van der Waals surface area contributed by atoms with E-state index in [9.17, 15) is 20.2 Å². The lowest BCUT2D eigenvalue weighted by Gasteiger charge is -2.12. The molecule has 0 saturated carbocycles. The van der Waals surface area contributed by atoms with Crippen LogP contribution >= 0.6 is 0 Å². The summed E-state index contributed by atoms with van der Waals surface area (Å²) >= 11 is 0. The molecule has 0 unspecified atom stereocenters. The molecule has 2 N–H and O–H groups in total. The normalized spacial score (nSPS) is 9.82. The van der Waals surface area contributed by atoms with Crippen LogP contribution in [0.1, 0.15) is 5.56 Å². The van der Waals surface area contributed by atoms with Crippen molar-refractivity contribution >= 4 is 22.8 Å². The average molecular weight is 300 g/mol. The van der Waals surface area contributed by atoms with Crippen molar-refractivity contribution in [3.05, 3.63) is 80.9 Å². The molecule has 0 saturated heterocycles. The Bertz CT molecular complexity index is 731. The molecule has 2 rings (SSSR count). The van der Waals surface area contributed by atoms with Gasteiger partial charge in [-0.05, 0) is 11.6 Å². The number of benzene rings is 2. The van der Waals surface area contributed by atoms with Gasteiger partial charge in [-0.25, -0.2) is 0 Å². The summed E-state index contributed by atoms with van der Waals surface area (Å²) < 4.78 is 0. The molecule has 0 aliphatic carbocycles. The van der Waals surface area contributed by atoms with Crippen molar-refractivity contribution in [1.29, 1.82) is 0 Å². The minimum atomic E-state index is -0.692. The highest BCUT2D eigenvalue weighted by molar-refractivity contribution is 5.68. The third-order valence-electron chi connectivity index (χ3n) is 2.86. The molecule has 0 fully saturated rings. The lowest BCUT2D eigenvalue weighted by Crippen LogP contribution is -2.20. The predicted octanol–water partition coefficient (Wildman–Crippen LogP) is 3.09. The number of anilines is 1. The van der Waals surface area contributed by atoms with E-state index in [0.29, 0.717) is 5.70 Å². The molecule has 0 atom stereocenters. The molecule has 0 amide bonds. The molecule has 0 aromatic heterocycles. The van der Waals surface area contributed by atoms with Crippen LogP contribution in [0.5, 0.6) is 0 Å². The molecule has 0 bridgehead atoms. The van der Waals surface area contributed by atoms with Gasteiger partial charge in [0, 0.05) is 6.07 Å². The Morgan fingerprint density at radius 3 is 2.27 bits per heavy atom. The van der Waals surface area contributed by atoms with Crippen molar-refractivity contribution in [3.63, 3.8) is 0 Å². The average Bonchev–Trinajstić information content (AvgIpc) is 2.53. The second-order valence-electron chi connectivity index (χ2n) is 4.31. The number of hydrogen-bond donors (Lipinski definition) is 2. The second-order valence-corrected chi connectivity index (χ2v) is 4.31. The number of nitrogens with zero attached hydrogens (tertiary/aromatic N) is 2. The van der Waals surface area contributed by atoms with E-state index in [2.05, 4.69) is 17.4 Å². The summed E-state index contributed by atoms with van der Waals surface area (Å²) in [7, 11) is 0. The van der Waals surface area contributed by atoms with Crippen LogP contribution in [0.15, 0.2) is 55.1 Å². The van der Waals surface area contributed by atoms with Crippen molar-refractivity contribution in [2.24, 2.45) is 0 Å². The lowest BCUT2D eigenvalue weighted by molar-refractivity contribution is -0.393. The minimum absolute atomic E-state index is 0.104. The first-order valence-electron chi connectivity index (χ1n) is 6.18. The number of hydrazine groups is 1. The molecule has 0 aliphatic heterocycles. The topological polar surface area (TPSA) is 110 Å². The van der Waals surface area contributed by atoms with Gasteiger partial charge in [-0.3, -0.25) is 25.7 Å². The zero-order valence-electron chi connectivity index (χ0n) is 11.4. The van der Waals surface area contributed by atoms with Gasteiger partial charge in [0.1, 0.15) is 5.69 Å². The summed E-state index contributed by atoms with van der Waals surface area (Å²) in [6.07, 6.45) is 0. The van der Waals surface area contributed by atoms with E-state index < -0.39 is 15.5 Å². The first kappa shape index (κ1) is 15.0. The summed E-state index contributed by atoms with van der Waals surface area (Å²) in [4.78, 5) is 20.3. The first-order chi connectivity index (χ1) is 10.5. The number of nitro groups is 2. The number of nitrogens with one attached hydrogen (secondary N) is 2. The molecule has 0 radical (unpaired) electrons. The highest BCUT2D eigenvalue weighted by Gasteiger charge is 2.19. The zero-order valence-corrected chi connectivity index (χ0v) is 11.4. The summed E-state index contributed by atoms with van der Waals surface area (Å²) in [6.45, 7) is 3.81. The molecule has 0 heterocycles. The van der Waals surface area contributed by atoms with Crippen LogP contribution in [-0.2, 0) is 0 Å². The maximum absolute atomic E-state index is 11.0. The highest BCUT2D eigenvalue weighted by Crippen LogP contribution is 2.28. The largest absolute Gasteiger partial charge is 0.301 e. The number of non-ortho nitro benzene ring substituents is 1. The van der Waals surface area contributed by atoms with Crippen LogP contribution in [0.25, 0.3) is 5.70 Å². The predicted molar refractivity (Wildman–Crippen MR) is 82.0 cm³/mol. The monoisotopic (exact) mass is 300 g/mol. The van der Waals surface area contributed by atoms with Crippen LogP contribution in [-0.4, -0.2) is 9.85 Å². The van der Waals surface area contributed by atoms with Crippen LogP contribution in [0, 0.1) is 20.2 Å². The van der Waals surface area contributed by atoms with Crippen LogP contribution < -0.4 is 10.9 Å². The van der Waals surface area contributed by atoms with Crippen molar-refractivity contribution in [1.82, 2.24) is 5.43 Å². The maximum atomic E-state index is 11.0. The number of rotatable bonds is 6. The molecule has 2 aromatic rings. The summed E-state index contributed by atoms with van der Waals surface area (Å²) in [5.41, 5.74) is 6.05. The Morgan fingerprint density at radius 1 is 1.00 bits per heavy atom. The minimum Gasteiger partial charge on any atom is -0.301 e. The molecule has 0 aliphatic rings. The fourth-order valence-corrected chi connectivity index (χ4v) is 1.74. The molecule has 112 valence electrons. The summed E-state index contributed by atoms with van der Waals surface area (Å²) in [5.74, 6) is 0. The van der Waals surface area contributed by atoms with Gasteiger partial charge in [0.05, 0.1) is 21.6 Å². The summed E-state index contributed by atoms with van der Waals surface area (Å²) in [5, 5.41) is 21.7. The smallest absolute Gasteiger partial charge is 0.300 e. The Morgan fingerprint density at radius 2 is 1.68 bits per heavy atom. The van der Waals surface area contributed by atoms with Gasteiger partial charge in [-0.2, -0.15) is 0 Å². The molecule has 2 aromatic carbocycles. The van der Waals surface area contributed by atoms with Crippen molar-refractivity contribution < 1.29 is 9.85 Å². The van der Waals surface area contributed by atoms with Gasteiger partial charge in [-0.1, -0.05) is 36.9 Å². The van der Waals surface area contributed by atoms with E-state index in [1.165, 1.54) is 12.1 Å². The van der Waals surface area contributed by atoms with E-state index in [-0.39, 0.29) is 11.4 Å². The van der Waals surface area contributed by atoms with Crippen LogP contribution in [0.3, 0.4) is 0 Å². The van der Waals surface area contributed by atoms with E-state index in [0.717, 1.165) is 11.6 Å². The molecular weight excluding hydrogens is 288 g/mol. The molecule has 0 spiro atoms. The Kier molecular flexibility index (Phi) is 4.33. The Labute approximate surface area is 125 Å². The SMILES string of the molecule is C=C(NNc1ccc([N+](=O)[O-])cc1[N+](=O)[O-])c1ccccc1. The molecular formula is C14H12N4O4. The quantitative estimate of drug-likeness (QED) is 0.626. The van der Waals surface area contributed by atoms with Gasteiger partial charge < -0.3 is 5.43 Å². The Hall–Kier alpha value is -3.42. The fourth-order valence-electron chi connectivity index (χ4n) is 1.74. The first-order valence-corrected chi connectivity index (χ1v) is 6.18. The van der Waals surface area contributed by atoms with Crippen molar-refractivity contribution in [2.45, 2.75) is 0 Å². The van der Waals surface area contributed by atoms with Gasteiger partial charge >= 0.3 is 5.69 Å². The van der Waals surface area contributed by atoms with Crippen LogP contribution in [0.2, 0.25) is 0 Å². The molecule has 22 heavy (non-hydrogen) atoms. The van der Waals surface area contributed by atoms with Gasteiger partial charge in [0.25, 0.3) is 5.69 Å². The fraction of sp³-hybridized carbons (Fsp3) is 0. The standard InChI is InChI=1S/C14H12N4O4/c1-10(11-5-3-2-4-6-11)15-16-13-8-7-12(17(19)20)9-14(13)18(21)22/h2-9,15-16H,1H2. The van der Waals surface area contributed by atoms with Crippen LogP contribution in [0.4, 0.5) is 17.1 Å². The maximum Gasteiger partial charge on any atom is 0.300 e. The van der Waals surface area contributed by atoms with Crippen molar-refractivity contribution in [3.8, 4) is 0 Å². The van der Waals surface area contributed by atoms with E-state index in [1.54, 1.807) is 0 Å². The van der Waals surface area contributed by atoms with E-state index in [1.807, 2.05) is 30.3 Å². The van der Waals surface area contributed by atoms with Gasteiger partial charge in [0.15, 0.2) is 0 Å². The highest BCUT2D eigenvalue weighted by atomic mass is 16.6. The van der Waals surface area contributed by atoms with Gasteiger partial charge in [-0.15, -0.1) is 0 Å². The third-order valence-corrected chi connectivity index (χ3v) is 2.86. The van der Waals surface area contributed by atoms with Crippen molar-refractivity contribution in [2.75, 3.05) is 5.43 Å². The Balaban J connectivity index is 2.17. The molecule has 8 heteroatoms. The molecule has 8 nitrogen and oxygen atoms in total. The second kappa shape index (κ2) is 6.35.